The van der Waals surface area contributed by atoms with Gasteiger partial charge in [-0.05, 0) is 38.1 Å². The molecule has 2 N–H and O–H groups in total. The Kier molecular flexibility index (Phi) is 4.89. The monoisotopic (exact) mass is 384 g/mol. The van der Waals surface area contributed by atoms with Gasteiger partial charge < -0.3 is 29.2 Å². The molecular formula is C20H20N2O6. The SMILES string of the molecule is CC1OC1Oc1ccc(C=NN=Cc2ccc(OC3OC3C)cc2O)c(O)c1. The number of benzene rings is 2. The lowest BCUT2D eigenvalue weighted by Gasteiger charge is -2.05. The molecule has 146 valence electrons. The topological polar surface area (TPSA) is 109 Å². The van der Waals surface area contributed by atoms with Crippen molar-refractivity contribution in [2.45, 2.75) is 38.6 Å². The van der Waals surface area contributed by atoms with E-state index >= 15 is 0 Å². The summed E-state index contributed by atoms with van der Waals surface area (Å²) in [4.78, 5) is 0. The lowest BCUT2D eigenvalue weighted by Crippen LogP contribution is -2.01. The second-order valence-electron chi connectivity index (χ2n) is 6.59. The van der Waals surface area contributed by atoms with Crippen LogP contribution < -0.4 is 9.47 Å². The van der Waals surface area contributed by atoms with E-state index in [-0.39, 0.29) is 36.3 Å². The largest absolute Gasteiger partial charge is 0.507 e. The fourth-order valence-electron chi connectivity index (χ4n) is 2.45. The maximum absolute atomic E-state index is 10.0. The zero-order chi connectivity index (χ0) is 19.7. The molecule has 4 unspecified atom stereocenters. The number of ether oxygens (including phenoxy) is 4. The third kappa shape index (κ3) is 4.41. The molecule has 0 spiro atoms. The first kappa shape index (κ1) is 18.3. The number of hydrogen-bond donors (Lipinski definition) is 2. The Morgan fingerprint density at radius 1 is 0.786 bits per heavy atom. The molecule has 4 rings (SSSR count). The molecule has 28 heavy (non-hydrogen) atoms. The number of aromatic hydroxyl groups is 2. The zero-order valence-electron chi connectivity index (χ0n) is 15.4. The Labute approximate surface area is 161 Å². The molecule has 0 bridgehead atoms. The second-order valence-corrected chi connectivity index (χ2v) is 6.59. The van der Waals surface area contributed by atoms with Crippen LogP contribution >= 0.6 is 0 Å². The zero-order valence-corrected chi connectivity index (χ0v) is 15.4. The summed E-state index contributed by atoms with van der Waals surface area (Å²) in [6.45, 7) is 3.81. The molecule has 0 radical (unpaired) electrons. The van der Waals surface area contributed by atoms with Crippen LogP contribution in [0.3, 0.4) is 0 Å². The van der Waals surface area contributed by atoms with E-state index in [9.17, 15) is 10.2 Å². The molecule has 8 heteroatoms. The van der Waals surface area contributed by atoms with Gasteiger partial charge in [0.25, 0.3) is 0 Å². The third-order valence-electron chi connectivity index (χ3n) is 4.28. The van der Waals surface area contributed by atoms with Gasteiger partial charge >= 0.3 is 0 Å². The molecule has 2 aliphatic heterocycles. The molecule has 0 saturated carbocycles. The van der Waals surface area contributed by atoms with Crippen molar-refractivity contribution >= 4 is 12.4 Å². The summed E-state index contributed by atoms with van der Waals surface area (Å²) >= 11 is 0. The van der Waals surface area contributed by atoms with Crippen LogP contribution in [-0.4, -0.2) is 47.4 Å². The number of phenols is 2. The maximum atomic E-state index is 10.0. The Bertz CT molecular complexity index is 853. The summed E-state index contributed by atoms with van der Waals surface area (Å²) in [5, 5.41) is 27.9. The summed E-state index contributed by atoms with van der Waals surface area (Å²) in [7, 11) is 0. The fraction of sp³-hybridized carbons (Fsp3) is 0.300. The normalized spacial score (nSPS) is 25.9. The molecule has 0 amide bonds. The quantitative estimate of drug-likeness (QED) is 0.432. The van der Waals surface area contributed by atoms with Gasteiger partial charge in [0.05, 0.1) is 12.4 Å². The van der Waals surface area contributed by atoms with Crippen molar-refractivity contribution in [1.82, 2.24) is 0 Å². The van der Waals surface area contributed by atoms with Gasteiger partial charge in [0, 0.05) is 23.3 Å². The van der Waals surface area contributed by atoms with E-state index in [1.54, 1.807) is 24.3 Å². The first-order valence-electron chi connectivity index (χ1n) is 8.86. The van der Waals surface area contributed by atoms with Crippen LogP contribution in [0.25, 0.3) is 0 Å². The molecule has 2 aromatic carbocycles. The molecule has 2 fully saturated rings. The van der Waals surface area contributed by atoms with E-state index in [1.807, 2.05) is 13.8 Å². The first-order chi connectivity index (χ1) is 13.5. The van der Waals surface area contributed by atoms with Gasteiger partial charge in [-0.15, -0.1) is 0 Å². The average molecular weight is 384 g/mol. The van der Waals surface area contributed by atoms with Gasteiger partial charge in [-0.2, -0.15) is 10.2 Å². The van der Waals surface area contributed by atoms with Crippen LogP contribution in [0, 0.1) is 0 Å². The molecule has 4 atom stereocenters. The summed E-state index contributed by atoms with van der Waals surface area (Å²) in [5.74, 6) is 1.08. The molecular weight excluding hydrogens is 364 g/mol. The van der Waals surface area contributed by atoms with Crippen molar-refractivity contribution in [2.24, 2.45) is 10.2 Å². The number of hydrogen-bond acceptors (Lipinski definition) is 8. The van der Waals surface area contributed by atoms with Crippen LogP contribution in [0.5, 0.6) is 23.0 Å². The highest BCUT2D eigenvalue weighted by Crippen LogP contribution is 2.30. The van der Waals surface area contributed by atoms with Gasteiger partial charge in [-0.25, -0.2) is 0 Å². The second kappa shape index (κ2) is 7.49. The summed E-state index contributed by atoms with van der Waals surface area (Å²) in [6.07, 6.45) is 2.44. The molecule has 2 aliphatic rings. The summed E-state index contributed by atoms with van der Waals surface area (Å²) in [5.41, 5.74) is 0.974. The number of epoxide rings is 2. The van der Waals surface area contributed by atoms with Gasteiger partial charge in [-0.1, -0.05) is 0 Å². The van der Waals surface area contributed by atoms with Crippen molar-refractivity contribution in [3.8, 4) is 23.0 Å². The minimum Gasteiger partial charge on any atom is -0.507 e. The van der Waals surface area contributed by atoms with Gasteiger partial charge in [0.1, 0.15) is 35.2 Å². The minimum absolute atomic E-state index is 0.0191. The molecule has 0 aliphatic carbocycles. The smallest absolute Gasteiger partial charge is 0.226 e. The van der Waals surface area contributed by atoms with Gasteiger partial charge in [0.2, 0.25) is 12.6 Å². The highest BCUT2D eigenvalue weighted by atomic mass is 16.8. The van der Waals surface area contributed by atoms with Crippen LogP contribution in [0.4, 0.5) is 0 Å². The van der Waals surface area contributed by atoms with Crippen LogP contribution in [0.1, 0.15) is 25.0 Å². The van der Waals surface area contributed by atoms with E-state index in [2.05, 4.69) is 10.2 Å². The molecule has 2 aromatic rings. The average Bonchev–Trinajstić information content (AvgIpc) is 3.54. The lowest BCUT2D eigenvalue weighted by molar-refractivity contribution is 0.178. The third-order valence-corrected chi connectivity index (χ3v) is 4.28. The predicted molar refractivity (Wildman–Crippen MR) is 101 cm³/mol. The highest BCUT2D eigenvalue weighted by molar-refractivity contribution is 5.86. The van der Waals surface area contributed by atoms with Crippen LogP contribution in [0.15, 0.2) is 46.6 Å². The Morgan fingerprint density at radius 3 is 1.50 bits per heavy atom. The van der Waals surface area contributed by atoms with Crippen LogP contribution in [0.2, 0.25) is 0 Å². The maximum Gasteiger partial charge on any atom is 0.226 e. The van der Waals surface area contributed by atoms with E-state index < -0.39 is 0 Å². The number of rotatable bonds is 7. The standard InChI is InChI=1S/C20H20N2O6/c1-11-19(25-11)27-15-5-3-13(17(23)7-15)9-21-22-10-14-4-6-16(8-18(14)24)28-20-12(2)26-20/h3-12,19-20,23-24H,1-2H3. The Morgan fingerprint density at radius 2 is 1.18 bits per heavy atom. The van der Waals surface area contributed by atoms with Gasteiger partial charge in [-0.3, -0.25) is 0 Å². The molecule has 8 nitrogen and oxygen atoms in total. The number of nitrogens with zero attached hydrogens (tertiary/aromatic N) is 2. The van der Waals surface area contributed by atoms with Crippen molar-refractivity contribution in [3.05, 3.63) is 47.5 Å². The summed E-state index contributed by atoms with van der Waals surface area (Å²) < 4.78 is 21.4. The Hall–Kier alpha value is -3.10. The molecule has 0 aromatic heterocycles. The molecule has 2 heterocycles. The molecule has 2 saturated heterocycles. The van der Waals surface area contributed by atoms with Crippen molar-refractivity contribution in [2.75, 3.05) is 0 Å². The van der Waals surface area contributed by atoms with E-state index in [4.69, 9.17) is 18.9 Å². The predicted octanol–water partition coefficient (Wildman–Crippen LogP) is 2.80. The minimum atomic E-state index is -0.256. The summed E-state index contributed by atoms with van der Waals surface area (Å²) in [6, 6.07) is 9.76. The van der Waals surface area contributed by atoms with E-state index in [1.165, 1.54) is 24.6 Å². The fourth-order valence-corrected chi connectivity index (χ4v) is 2.45. The first-order valence-corrected chi connectivity index (χ1v) is 8.86. The van der Waals surface area contributed by atoms with Crippen molar-refractivity contribution in [3.63, 3.8) is 0 Å². The Balaban J connectivity index is 1.35. The van der Waals surface area contributed by atoms with Gasteiger partial charge in [0.15, 0.2) is 0 Å². The number of phenolic OH excluding ortho intramolecular Hbond substituents is 2. The lowest BCUT2D eigenvalue weighted by atomic mass is 10.2. The van der Waals surface area contributed by atoms with Crippen LogP contribution in [-0.2, 0) is 9.47 Å². The highest BCUT2D eigenvalue weighted by Gasteiger charge is 2.37. The van der Waals surface area contributed by atoms with Crippen molar-refractivity contribution < 1.29 is 29.2 Å². The van der Waals surface area contributed by atoms with Crippen molar-refractivity contribution in [1.29, 1.82) is 0 Å². The van der Waals surface area contributed by atoms with E-state index in [0.717, 1.165) is 0 Å². The van der Waals surface area contributed by atoms with E-state index in [0.29, 0.717) is 22.6 Å².